The van der Waals surface area contributed by atoms with Crippen LogP contribution >= 0.6 is 0 Å². The summed E-state index contributed by atoms with van der Waals surface area (Å²) in [6.45, 7) is 0. The maximum atomic E-state index is 13.1. The lowest BCUT2D eigenvalue weighted by Crippen LogP contribution is -2.12. The molecule has 0 atom stereocenters. The van der Waals surface area contributed by atoms with E-state index < -0.39 is 23.5 Å². The molecule has 1 heterocycles. The molecule has 0 unspecified atom stereocenters. The summed E-state index contributed by atoms with van der Waals surface area (Å²) in [5.74, 6) is -1.64. The van der Waals surface area contributed by atoms with Gasteiger partial charge in [-0.25, -0.2) is 4.39 Å². The van der Waals surface area contributed by atoms with Gasteiger partial charge >= 0.3 is 6.18 Å². The minimum atomic E-state index is -4.82. The molecule has 1 aromatic heterocycles. The van der Waals surface area contributed by atoms with Crippen molar-refractivity contribution in [2.24, 2.45) is 0 Å². The molecule has 0 bridgehead atoms. The van der Waals surface area contributed by atoms with Gasteiger partial charge in [0.1, 0.15) is 11.6 Å². The molecule has 2 rings (SSSR count). The Hall–Kier alpha value is -2.57. The number of benzene rings is 1. The summed E-state index contributed by atoms with van der Waals surface area (Å²) in [4.78, 5) is 11.5. The Balaban J connectivity index is 2.11. The summed E-state index contributed by atoms with van der Waals surface area (Å²) in [5, 5.41) is 2.21. The minimum Gasteiger partial charge on any atom is -0.465 e. The van der Waals surface area contributed by atoms with E-state index in [4.69, 9.17) is 4.42 Å². The van der Waals surface area contributed by atoms with Crippen molar-refractivity contribution in [2.75, 3.05) is 5.32 Å². The van der Waals surface area contributed by atoms with Gasteiger partial charge in [-0.3, -0.25) is 4.79 Å². The van der Waals surface area contributed by atoms with Gasteiger partial charge in [0.15, 0.2) is 0 Å². The Bertz CT molecular complexity index is 660. The molecule has 0 radical (unpaired) electrons. The van der Waals surface area contributed by atoms with Crippen molar-refractivity contribution < 1.29 is 26.8 Å². The molecule has 7 heteroatoms. The SMILES string of the molecule is O=C(/C=C/c1ccco1)Nc1ccc(F)c(C(F)(F)F)c1. The van der Waals surface area contributed by atoms with Gasteiger partial charge in [-0.2, -0.15) is 13.2 Å². The van der Waals surface area contributed by atoms with Gasteiger partial charge in [0.25, 0.3) is 0 Å². The zero-order valence-corrected chi connectivity index (χ0v) is 10.4. The van der Waals surface area contributed by atoms with Crippen LogP contribution in [0.15, 0.2) is 47.1 Å². The standard InChI is InChI=1S/C14H9F4NO2/c15-12-5-3-9(8-11(12)14(16,17)18)19-13(20)6-4-10-2-1-7-21-10/h1-8H,(H,19,20)/b6-4+. The van der Waals surface area contributed by atoms with E-state index in [1.165, 1.54) is 12.3 Å². The summed E-state index contributed by atoms with van der Waals surface area (Å²) < 4.78 is 55.6. The maximum absolute atomic E-state index is 13.1. The summed E-state index contributed by atoms with van der Waals surface area (Å²) >= 11 is 0. The molecule has 1 amide bonds. The molecular weight excluding hydrogens is 290 g/mol. The molecule has 21 heavy (non-hydrogen) atoms. The largest absolute Gasteiger partial charge is 0.465 e. The number of hydrogen-bond donors (Lipinski definition) is 1. The number of alkyl halides is 3. The van der Waals surface area contributed by atoms with E-state index >= 15 is 0 Å². The highest BCUT2D eigenvalue weighted by atomic mass is 19.4. The van der Waals surface area contributed by atoms with Crippen molar-refractivity contribution in [1.82, 2.24) is 0 Å². The molecule has 1 N–H and O–H groups in total. The minimum absolute atomic E-state index is 0.155. The number of anilines is 1. The number of nitrogens with one attached hydrogen (secondary N) is 1. The van der Waals surface area contributed by atoms with Gasteiger partial charge in [-0.1, -0.05) is 0 Å². The predicted octanol–water partition coefficient (Wildman–Crippen LogP) is 4.09. The highest BCUT2D eigenvalue weighted by molar-refractivity contribution is 6.01. The zero-order chi connectivity index (χ0) is 15.5. The number of furan rings is 1. The van der Waals surface area contributed by atoms with Crippen molar-refractivity contribution >= 4 is 17.7 Å². The van der Waals surface area contributed by atoms with E-state index in [2.05, 4.69) is 5.32 Å². The van der Waals surface area contributed by atoms with Gasteiger partial charge in [0, 0.05) is 11.8 Å². The normalized spacial score (nSPS) is 11.8. The molecule has 0 aliphatic heterocycles. The maximum Gasteiger partial charge on any atom is 0.419 e. The third kappa shape index (κ3) is 3.95. The average molecular weight is 299 g/mol. The number of halogens is 4. The van der Waals surface area contributed by atoms with E-state index in [0.717, 1.165) is 12.1 Å². The topological polar surface area (TPSA) is 42.2 Å². The predicted molar refractivity (Wildman–Crippen MR) is 67.8 cm³/mol. The van der Waals surface area contributed by atoms with Crippen LogP contribution in [0.1, 0.15) is 11.3 Å². The number of hydrogen-bond acceptors (Lipinski definition) is 2. The first-order valence-corrected chi connectivity index (χ1v) is 5.75. The second-order valence-corrected chi connectivity index (χ2v) is 4.03. The first-order chi connectivity index (χ1) is 9.86. The molecule has 0 spiro atoms. The van der Waals surface area contributed by atoms with Crippen LogP contribution in [0.5, 0.6) is 0 Å². The van der Waals surface area contributed by atoms with Gasteiger partial charge < -0.3 is 9.73 Å². The molecule has 0 aliphatic rings. The fourth-order valence-corrected chi connectivity index (χ4v) is 1.55. The Morgan fingerprint density at radius 3 is 2.62 bits per heavy atom. The molecule has 0 aliphatic carbocycles. The second kappa shape index (κ2) is 5.82. The van der Waals surface area contributed by atoms with Crippen LogP contribution in [0.2, 0.25) is 0 Å². The van der Waals surface area contributed by atoms with Crippen molar-refractivity contribution in [2.45, 2.75) is 6.18 Å². The first kappa shape index (κ1) is 14.8. The third-order valence-corrected chi connectivity index (χ3v) is 2.48. The van der Waals surface area contributed by atoms with Gasteiger partial charge in [0.2, 0.25) is 5.91 Å². The molecule has 0 fully saturated rings. The lowest BCUT2D eigenvalue weighted by molar-refractivity contribution is -0.140. The Morgan fingerprint density at radius 2 is 2.00 bits per heavy atom. The van der Waals surface area contributed by atoms with Gasteiger partial charge in [-0.05, 0) is 36.4 Å². The van der Waals surface area contributed by atoms with Crippen molar-refractivity contribution in [3.05, 3.63) is 59.8 Å². The quantitative estimate of drug-likeness (QED) is 0.685. The molecule has 110 valence electrons. The number of amides is 1. The Morgan fingerprint density at radius 1 is 1.24 bits per heavy atom. The molecule has 0 saturated carbocycles. The molecule has 2 aromatic rings. The highest BCUT2D eigenvalue weighted by Crippen LogP contribution is 2.32. The van der Waals surface area contributed by atoms with Crippen LogP contribution in [-0.4, -0.2) is 5.91 Å². The van der Waals surface area contributed by atoms with Crippen LogP contribution in [0.4, 0.5) is 23.2 Å². The lowest BCUT2D eigenvalue weighted by Gasteiger charge is -2.10. The van der Waals surface area contributed by atoms with E-state index in [0.29, 0.717) is 17.9 Å². The molecule has 1 aromatic carbocycles. The fraction of sp³-hybridized carbons (Fsp3) is 0.0714. The van der Waals surface area contributed by atoms with Crippen LogP contribution in [-0.2, 0) is 11.0 Å². The number of carbonyl (C=O) groups excluding carboxylic acids is 1. The first-order valence-electron chi connectivity index (χ1n) is 5.75. The van der Waals surface area contributed by atoms with Crippen molar-refractivity contribution in [1.29, 1.82) is 0 Å². The van der Waals surface area contributed by atoms with Crippen LogP contribution in [0.3, 0.4) is 0 Å². The lowest BCUT2D eigenvalue weighted by atomic mass is 10.2. The van der Waals surface area contributed by atoms with E-state index in [9.17, 15) is 22.4 Å². The zero-order valence-electron chi connectivity index (χ0n) is 10.4. The monoisotopic (exact) mass is 299 g/mol. The molecule has 3 nitrogen and oxygen atoms in total. The van der Waals surface area contributed by atoms with Crippen LogP contribution in [0, 0.1) is 5.82 Å². The third-order valence-electron chi connectivity index (χ3n) is 2.48. The van der Waals surface area contributed by atoms with Crippen molar-refractivity contribution in [3.8, 4) is 0 Å². The molecular formula is C14H9F4NO2. The van der Waals surface area contributed by atoms with Crippen LogP contribution < -0.4 is 5.32 Å². The van der Waals surface area contributed by atoms with Gasteiger partial charge in [0.05, 0.1) is 11.8 Å². The summed E-state index contributed by atoms with van der Waals surface area (Å²) in [7, 11) is 0. The van der Waals surface area contributed by atoms with E-state index in [-0.39, 0.29) is 5.69 Å². The van der Waals surface area contributed by atoms with E-state index in [1.807, 2.05) is 0 Å². The Labute approximate surface area is 116 Å². The smallest absolute Gasteiger partial charge is 0.419 e. The number of rotatable bonds is 3. The average Bonchev–Trinajstić information content (AvgIpc) is 2.90. The molecule has 0 saturated heterocycles. The fourth-order valence-electron chi connectivity index (χ4n) is 1.55. The van der Waals surface area contributed by atoms with Crippen LogP contribution in [0.25, 0.3) is 6.08 Å². The highest BCUT2D eigenvalue weighted by Gasteiger charge is 2.34. The Kier molecular flexibility index (Phi) is 4.11. The summed E-state index contributed by atoms with van der Waals surface area (Å²) in [5.41, 5.74) is -1.59. The second-order valence-electron chi connectivity index (χ2n) is 4.03. The summed E-state index contributed by atoms with van der Waals surface area (Å²) in [6.07, 6.45) is -0.971. The van der Waals surface area contributed by atoms with Crippen molar-refractivity contribution in [3.63, 3.8) is 0 Å². The van der Waals surface area contributed by atoms with E-state index in [1.54, 1.807) is 12.1 Å². The summed E-state index contributed by atoms with van der Waals surface area (Å²) in [6, 6.07) is 5.45. The number of carbonyl (C=O) groups is 1. The van der Waals surface area contributed by atoms with Gasteiger partial charge in [-0.15, -0.1) is 0 Å².